The molecule has 17 heavy (non-hydrogen) atoms. The molecule has 0 unspecified atom stereocenters. The van der Waals surface area contributed by atoms with Crippen LogP contribution in [0.3, 0.4) is 0 Å². The van der Waals surface area contributed by atoms with Crippen LogP contribution in [0.4, 0.5) is 0 Å². The molecule has 0 spiro atoms. The maximum atomic E-state index is 8.94. The van der Waals surface area contributed by atoms with Gasteiger partial charge in [0.05, 0.1) is 24.4 Å². The van der Waals surface area contributed by atoms with E-state index < -0.39 is 0 Å². The summed E-state index contributed by atoms with van der Waals surface area (Å²) in [5, 5.41) is 13.6. The number of aliphatic imine (C=N–C) groups is 1. The van der Waals surface area contributed by atoms with Crippen LogP contribution in [0.1, 0.15) is 25.7 Å². The molecule has 0 radical (unpaired) electrons. The molecule has 1 saturated carbocycles. The van der Waals surface area contributed by atoms with Crippen molar-refractivity contribution in [3.05, 3.63) is 22.6 Å². The molecule has 6 heteroatoms. The van der Waals surface area contributed by atoms with Gasteiger partial charge in [-0.15, -0.1) is 18.2 Å². The van der Waals surface area contributed by atoms with E-state index in [9.17, 15) is 0 Å². The highest BCUT2D eigenvalue weighted by Crippen LogP contribution is 2.34. The summed E-state index contributed by atoms with van der Waals surface area (Å²) in [6.07, 6.45) is 6.44. The van der Waals surface area contributed by atoms with Crippen molar-refractivity contribution in [1.29, 1.82) is 0 Å². The normalized spacial score (nSPS) is 23.4. The molecule has 92 valence electrons. The Kier molecular flexibility index (Phi) is 2.85. The number of aliphatic hydroxyl groups is 1. The van der Waals surface area contributed by atoms with Crippen LogP contribution >= 0.6 is 12.6 Å². The van der Waals surface area contributed by atoms with Crippen LogP contribution in [0.25, 0.3) is 0 Å². The molecule has 0 atom stereocenters. The van der Waals surface area contributed by atoms with Crippen molar-refractivity contribution in [1.82, 2.24) is 15.6 Å². The molecule has 2 N–H and O–H groups in total. The van der Waals surface area contributed by atoms with E-state index in [4.69, 9.17) is 5.11 Å². The lowest BCUT2D eigenvalue weighted by molar-refractivity contribution is 0.137. The van der Waals surface area contributed by atoms with Crippen LogP contribution in [0.5, 0.6) is 0 Å². The Labute approximate surface area is 106 Å². The number of β-amino-alcohol motifs (C(OH)–C–C–N with tert-alkyl or cyclic N) is 1. The molecular formula is C11H16N4OS. The number of rotatable bonds is 2. The third-order valence-corrected chi connectivity index (χ3v) is 3.71. The quantitative estimate of drug-likeness (QED) is 0.641. The van der Waals surface area contributed by atoms with Crippen LogP contribution in [0, 0.1) is 0 Å². The van der Waals surface area contributed by atoms with E-state index >= 15 is 0 Å². The van der Waals surface area contributed by atoms with Crippen LogP contribution in [0.15, 0.2) is 27.6 Å². The number of fused-ring (bicyclic) bond motifs is 2. The zero-order chi connectivity index (χ0) is 11.8. The fourth-order valence-electron chi connectivity index (χ4n) is 2.39. The van der Waals surface area contributed by atoms with Gasteiger partial charge in [0.25, 0.3) is 0 Å². The second-order valence-electron chi connectivity index (χ2n) is 4.41. The number of thiol groups is 1. The summed E-state index contributed by atoms with van der Waals surface area (Å²) in [5.41, 5.74) is 5.59. The molecule has 0 aromatic heterocycles. The van der Waals surface area contributed by atoms with E-state index in [1.54, 1.807) is 0 Å². The minimum absolute atomic E-state index is 0.111. The van der Waals surface area contributed by atoms with Crippen molar-refractivity contribution in [2.24, 2.45) is 4.99 Å². The summed E-state index contributed by atoms with van der Waals surface area (Å²) in [6.45, 7) is 0.654. The van der Waals surface area contributed by atoms with Crippen LogP contribution < -0.4 is 5.53 Å². The number of nitrogens with one attached hydrogen (secondary N) is 1. The van der Waals surface area contributed by atoms with Gasteiger partial charge in [-0.3, -0.25) is 5.01 Å². The zero-order valence-electron chi connectivity index (χ0n) is 9.56. The Balaban J connectivity index is 1.91. The van der Waals surface area contributed by atoms with E-state index in [1.165, 1.54) is 24.1 Å². The number of hydrogen-bond donors (Lipinski definition) is 3. The summed E-state index contributed by atoms with van der Waals surface area (Å²) in [5.74, 6) is 0.865. The average molecular weight is 252 g/mol. The van der Waals surface area contributed by atoms with Gasteiger partial charge in [-0.1, -0.05) is 0 Å². The predicted octanol–water partition coefficient (Wildman–Crippen LogP) is 0.985. The van der Waals surface area contributed by atoms with Crippen molar-refractivity contribution in [3.8, 4) is 0 Å². The number of nitrogens with zero attached hydrogens (tertiary/aromatic N) is 3. The lowest BCUT2D eigenvalue weighted by Crippen LogP contribution is -2.42. The minimum atomic E-state index is 0.111. The van der Waals surface area contributed by atoms with E-state index in [2.05, 4.69) is 23.2 Å². The Morgan fingerprint density at radius 3 is 3.06 bits per heavy atom. The third-order valence-electron chi connectivity index (χ3n) is 3.24. The Hall–Kier alpha value is -0.980. The third kappa shape index (κ3) is 1.86. The first kappa shape index (κ1) is 11.1. The SMILES string of the molecule is OCCN1C=C2N=C3CCCCC3=C(S)N2N1. The van der Waals surface area contributed by atoms with E-state index in [0.29, 0.717) is 6.54 Å². The Morgan fingerprint density at radius 2 is 2.24 bits per heavy atom. The van der Waals surface area contributed by atoms with E-state index in [0.717, 1.165) is 23.7 Å². The summed E-state index contributed by atoms with van der Waals surface area (Å²) < 4.78 is 0. The molecule has 1 aliphatic carbocycles. The molecule has 0 bridgehead atoms. The average Bonchev–Trinajstić information content (AvgIpc) is 2.73. The summed E-state index contributed by atoms with van der Waals surface area (Å²) in [6, 6.07) is 0. The molecule has 5 nitrogen and oxygen atoms in total. The summed E-state index contributed by atoms with van der Waals surface area (Å²) in [4.78, 5) is 4.66. The van der Waals surface area contributed by atoms with Crippen molar-refractivity contribution in [3.63, 3.8) is 0 Å². The fraction of sp³-hybridized carbons (Fsp3) is 0.545. The van der Waals surface area contributed by atoms with Crippen LogP contribution in [0.2, 0.25) is 0 Å². The van der Waals surface area contributed by atoms with Crippen molar-refractivity contribution in [2.45, 2.75) is 25.7 Å². The molecule has 3 rings (SSSR count). The molecule has 1 fully saturated rings. The van der Waals surface area contributed by atoms with Gasteiger partial charge in [0.2, 0.25) is 0 Å². The van der Waals surface area contributed by atoms with Gasteiger partial charge >= 0.3 is 0 Å². The van der Waals surface area contributed by atoms with Gasteiger partial charge in [0.15, 0.2) is 5.82 Å². The predicted molar refractivity (Wildman–Crippen MR) is 68.8 cm³/mol. The molecule has 0 aromatic rings. The topological polar surface area (TPSA) is 51.1 Å². The molecule has 3 aliphatic rings. The molecule has 2 aliphatic heterocycles. The maximum absolute atomic E-state index is 8.94. The zero-order valence-corrected chi connectivity index (χ0v) is 10.5. The van der Waals surface area contributed by atoms with Gasteiger partial charge < -0.3 is 5.11 Å². The smallest absolute Gasteiger partial charge is 0.167 e. The van der Waals surface area contributed by atoms with Crippen molar-refractivity contribution in [2.75, 3.05) is 13.2 Å². The lowest BCUT2D eigenvalue weighted by Gasteiger charge is -2.30. The second kappa shape index (κ2) is 4.36. The Morgan fingerprint density at radius 1 is 1.41 bits per heavy atom. The largest absolute Gasteiger partial charge is 0.394 e. The Bertz CT molecular complexity index is 429. The highest BCUT2D eigenvalue weighted by Gasteiger charge is 2.30. The number of hydrazine groups is 2. The molecule has 2 heterocycles. The van der Waals surface area contributed by atoms with Crippen LogP contribution in [-0.2, 0) is 0 Å². The van der Waals surface area contributed by atoms with Gasteiger partial charge in [0.1, 0.15) is 0 Å². The highest BCUT2D eigenvalue weighted by molar-refractivity contribution is 7.84. The second-order valence-corrected chi connectivity index (χ2v) is 4.83. The number of allylic oxidation sites excluding steroid dienone is 1. The fourth-order valence-corrected chi connectivity index (χ4v) is 2.78. The molecule has 0 saturated heterocycles. The van der Waals surface area contributed by atoms with Gasteiger partial charge in [-0.05, 0) is 25.7 Å². The molecule has 0 amide bonds. The van der Waals surface area contributed by atoms with Gasteiger partial charge in [-0.2, -0.15) is 0 Å². The van der Waals surface area contributed by atoms with Crippen molar-refractivity contribution < 1.29 is 5.11 Å². The first-order valence-electron chi connectivity index (χ1n) is 5.95. The maximum Gasteiger partial charge on any atom is 0.167 e. The first-order valence-corrected chi connectivity index (χ1v) is 6.40. The minimum Gasteiger partial charge on any atom is -0.394 e. The van der Waals surface area contributed by atoms with Gasteiger partial charge in [0, 0.05) is 11.3 Å². The lowest BCUT2D eigenvalue weighted by atomic mass is 9.92. The highest BCUT2D eigenvalue weighted by atomic mass is 32.1. The summed E-state index contributed by atoms with van der Waals surface area (Å²) >= 11 is 4.60. The molecular weight excluding hydrogens is 236 g/mol. The van der Waals surface area contributed by atoms with E-state index in [-0.39, 0.29) is 6.61 Å². The van der Waals surface area contributed by atoms with Crippen LogP contribution in [-0.4, -0.2) is 34.0 Å². The number of hydrogen-bond acceptors (Lipinski definition) is 6. The van der Waals surface area contributed by atoms with Gasteiger partial charge in [-0.25, -0.2) is 10.0 Å². The van der Waals surface area contributed by atoms with Crippen molar-refractivity contribution >= 4 is 18.3 Å². The first-order chi connectivity index (χ1) is 8.29. The standard InChI is InChI=1S/C11H16N4OS/c16-6-5-14-7-10-12-9-4-2-1-3-8(9)11(17)15(10)13-14/h7,13,16-17H,1-6H2. The monoisotopic (exact) mass is 252 g/mol. The number of aliphatic hydroxyl groups excluding tert-OH is 1. The summed E-state index contributed by atoms with van der Waals surface area (Å²) in [7, 11) is 0. The van der Waals surface area contributed by atoms with E-state index in [1.807, 2.05) is 16.2 Å². The molecule has 0 aromatic carbocycles.